The summed E-state index contributed by atoms with van der Waals surface area (Å²) in [4.78, 5) is 34.9. The number of rotatable bonds is 9. The maximum Gasteiger partial charge on any atom is 0.329 e. The van der Waals surface area contributed by atoms with E-state index in [2.05, 4.69) is 37.2 Å². The summed E-state index contributed by atoms with van der Waals surface area (Å²) in [6, 6.07) is 6.62. The number of ether oxygens (including phenoxy) is 2. The third kappa shape index (κ3) is 8.12. The summed E-state index contributed by atoms with van der Waals surface area (Å²) in [6.07, 6.45) is -0.328. The number of benzene rings is 2. The molecule has 0 aliphatic heterocycles. The molecule has 0 fully saturated rings. The molecule has 0 aliphatic rings. The van der Waals surface area contributed by atoms with Crippen LogP contribution in [0.1, 0.15) is 43.6 Å². The van der Waals surface area contributed by atoms with Crippen LogP contribution in [-0.2, 0) is 20.3 Å². The first-order valence-corrected chi connectivity index (χ1v) is 14.3. The lowest BCUT2D eigenvalue weighted by Gasteiger charge is -2.22. The summed E-state index contributed by atoms with van der Waals surface area (Å²) in [5.41, 5.74) is 0.565. The predicted octanol–water partition coefficient (Wildman–Crippen LogP) is 5.82. The molecule has 0 heterocycles. The number of hydrogen-bond acceptors (Lipinski definition) is 6. The molecule has 11 heteroatoms. The van der Waals surface area contributed by atoms with Crippen molar-refractivity contribution >= 4 is 51.1 Å². The van der Waals surface area contributed by atoms with Crippen molar-refractivity contribution in [3.63, 3.8) is 0 Å². The number of halogens is 2. The Labute approximate surface area is 215 Å². The third-order valence-electron chi connectivity index (χ3n) is 4.53. The molecule has 0 saturated heterocycles. The van der Waals surface area contributed by atoms with Crippen LogP contribution in [0.2, 0.25) is 0 Å². The molecule has 3 N–H and O–H groups in total. The lowest BCUT2D eigenvalue weighted by molar-refractivity contribution is -0.150. The monoisotopic (exact) mass is 619 g/mol. The van der Waals surface area contributed by atoms with Gasteiger partial charge in [0.15, 0.2) is 5.75 Å². The molecule has 0 aromatic heterocycles. The lowest BCUT2D eigenvalue weighted by Crippen LogP contribution is -2.46. The van der Waals surface area contributed by atoms with Gasteiger partial charge in [0.2, 0.25) is 7.37 Å². The summed E-state index contributed by atoms with van der Waals surface area (Å²) >= 11 is 6.81. The second-order valence-corrected chi connectivity index (χ2v) is 12.7. The van der Waals surface area contributed by atoms with Gasteiger partial charge < -0.3 is 24.8 Å². The van der Waals surface area contributed by atoms with Gasteiger partial charge in [0, 0.05) is 12.8 Å². The second kappa shape index (κ2) is 11.7. The maximum absolute atomic E-state index is 12.9. The Bertz CT molecular complexity index is 1090. The van der Waals surface area contributed by atoms with Gasteiger partial charge in [0.25, 0.3) is 5.91 Å². The first kappa shape index (κ1) is 28.4. The molecular formula is C23H28Br2NO7P. The van der Waals surface area contributed by atoms with Crippen LogP contribution in [0, 0.1) is 5.92 Å². The van der Waals surface area contributed by atoms with Crippen molar-refractivity contribution in [1.82, 2.24) is 5.32 Å². The van der Waals surface area contributed by atoms with E-state index in [9.17, 15) is 24.2 Å². The summed E-state index contributed by atoms with van der Waals surface area (Å²) in [5, 5.41) is 12.9. The molecule has 0 aliphatic carbocycles. The van der Waals surface area contributed by atoms with E-state index in [1.54, 1.807) is 39.8 Å². The van der Waals surface area contributed by atoms with Crippen LogP contribution < -0.4 is 10.1 Å². The zero-order chi connectivity index (χ0) is 25.8. The van der Waals surface area contributed by atoms with E-state index < -0.39 is 25.3 Å². The van der Waals surface area contributed by atoms with Crippen LogP contribution in [0.25, 0.3) is 0 Å². The number of esters is 1. The van der Waals surface area contributed by atoms with Crippen LogP contribution in [0.5, 0.6) is 17.2 Å². The van der Waals surface area contributed by atoms with E-state index in [4.69, 9.17) is 9.47 Å². The Hall–Kier alpha value is -1.87. The molecule has 8 nitrogen and oxygen atoms in total. The molecule has 0 spiro atoms. The number of amides is 1. The van der Waals surface area contributed by atoms with Gasteiger partial charge >= 0.3 is 5.97 Å². The van der Waals surface area contributed by atoms with Crippen LogP contribution in [-0.4, -0.2) is 40.7 Å². The zero-order valence-electron chi connectivity index (χ0n) is 19.5. The number of phenols is 1. The van der Waals surface area contributed by atoms with E-state index in [-0.39, 0.29) is 35.2 Å². The summed E-state index contributed by atoms with van der Waals surface area (Å²) in [7, 11) is -3.25. The lowest BCUT2D eigenvalue weighted by atomic mass is 10.0. The largest absolute Gasteiger partial charge is 0.507 e. The van der Waals surface area contributed by atoms with Crippen molar-refractivity contribution in [3.8, 4) is 17.2 Å². The molecule has 34 heavy (non-hydrogen) atoms. The maximum atomic E-state index is 12.9. The fraction of sp³-hybridized carbons (Fsp3) is 0.391. The number of phenolic OH excluding ortho intramolecular Hbond substituents is 1. The van der Waals surface area contributed by atoms with Gasteiger partial charge in [-0.2, -0.15) is 0 Å². The number of carbonyl (C=O) groups is 2. The van der Waals surface area contributed by atoms with Gasteiger partial charge in [-0.1, -0.05) is 13.8 Å². The van der Waals surface area contributed by atoms with Gasteiger partial charge in [-0.05, 0) is 87.5 Å². The van der Waals surface area contributed by atoms with Crippen LogP contribution in [0.4, 0.5) is 0 Å². The van der Waals surface area contributed by atoms with Crippen LogP contribution in [0.3, 0.4) is 0 Å². The smallest absolute Gasteiger partial charge is 0.329 e. The molecule has 2 atom stereocenters. The molecule has 2 rings (SSSR count). The first-order valence-electron chi connectivity index (χ1n) is 10.5. The van der Waals surface area contributed by atoms with Gasteiger partial charge in [0.05, 0.1) is 20.6 Å². The first-order chi connectivity index (χ1) is 15.7. The highest BCUT2D eigenvalue weighted by molar-refractivity contribution is 9.11. The summed E-state index contributed by atoms with van der Waals surface area (Å²) < 4.78 is 23.9. The van der Waals surface area contributed by atoms with Crippen molar-refractivity contribution in [2.24, 2.45) is 5.92 Å². The van der Waals surface area contributed by atoms with Crippen molar-refractivity contribution in [2.75, 3.05) is 6.66 Å². The van der Waals surface area contributed by atoms with Gasteiger partial charge in [-0.3, -0.25) is 9.36 Å². The fourth-order valence-electron chi connectivity index (χ4n) is 3.04. The van der Waals surface area contributed by atoms with E-state index in [0.29, 0.717) is 20.3 Å². The van der Waals surface area contributed by atoms with Crippen molar-refractivity contribution in [1.29, 1.82) is 0 Å². The Balaban J connectivity index is 2.29. The Kier molecular flexibility index (Phi) is 9.77. The average Bonchev–Trinajstić information content (AvgIpc) is 2.67. The summed E-state index contributed by atoms with van der Waals surface area (Å²) in [6.45, 7) is 8.28. The van der Waals surface area contributed by atoms with Crippen LogP contribution in [0.15, 0.2) is 39.3 Å². The minimum atomic E-state index is -3.25. The molecular weight excluding hydrogens is 593 g/mol. The standard InChI is InChI=1S/C23H28Br2NO7P/c1-12(2)20(23(29)32-13(3)4)26-22(28)16-10-15(6-7-19(16)27)33-21-17(24)8-14(9-18(21)25)11-34(5,30)31/h6-10,12-13,20,27H,11H2,1-5H3,(H,26,28)(H,30,31)/t20-/m0/s1. The van der Waals surface area contributed by atoms with E-state index >= 15 is 0 Å². The van der Waals surface area contributed by atoms with Crippen molar-refractivity contribution in [2.45, 2.75) is 46.0 Å². The second-order valence-electron chi connectivity index (χ2n) is 8.56. The van der Waals surface area contributed by atoms with Crippen molar-refractivity contribution < 1.29 is 33.6 Å². The molecule has 2 aromatic rings. The number of hydrogen-bond donors (Lipinski definition) is 3. The average molecular weight is 621 g/mol. The molecule has 0 bridgehead atoms. The van der Waals surface area contributed by atoms with Crippen molar-refractivity contribution in [3.05, 3.63) is 50.4 Å². The van der Waals surface area contributed by atoms with Gasteiger partial charge in [-0.25, -0.2) is 4.79 Å². The van der Waals surface area contributed by atoms with E-state index in [0.717, 1.165) is 0 Å². The van der Waals surface area contributed by atoms with E-state index in [1.165, 1.54) is 24.9 Å². The van der Waals surface area contributed by atoms with Crippen LogP contribution >= 0.6 is 39.2 Å². The normalized spacial score (nSPS) is 13.9. The zero-order valence-corrected chi connectivity index (χ0v) is 23.5. The predicted molar refractivity (Wildman–Crippen MR) is 137 cm³/mol. The summed E-state index contributed by atoms with van der Waals surface area (Å²) in [5.74, 6) is -1.09. The molecule has 0 saturated carbocycles. The number of carbonyl (C=O) groups excluding carboxylic acids is 2. The highest BCUT2D eigenvalue weighted by Gasteiger charge is 2.28. The quantitative estimate of drug-likeness (QED) is 0.239. The SMILES string of the molecule is CC(C)OC(=O)[C@@H](NC(=O)c1cc(Oc2c(Br)cc(CP(C)(=O)O)cc2Br)ccc1O)C(C)C. The molecule has 1 unspecified atom stereocenters. The topological polar surface area (TPSA) is 122 Å². The minimum Gasteiger partial charge on any atom is -0.507 e. The van der Waals surface area contributed by atoms with E-state index in [1.807, 2.05) is 0 Å². The van der Waals surface area contributed by atoms with Gasteiger partial charge in [-0.15, -0.1) is 0 Å². The van der Waals surface area contributed by atoms with Gasteiger partial charge in [0.1, 0.15) is 17.5 Å². The fourth-order valence-corrected chi connectivity index (χ4v) is 5.34. The molecule has 0 radical (unpaired) electrons. The number of nitrogens with one attached hydrogen (secondary N) is 1. The highest BCUT2D eigenvalue weighted by atomic mass is 79.9. The Morgan fingerprint density at radius 1 is 1.09 bits per heavy atom. The Morgan fingerprint density at radius 2 is 1.68 bits per heavy atom. The number of aromatic hydroxyl groups is 1. The third-order valence-corrected chi connectivity index (χ3v) is 6.66. The molecule has 1 amide bonds. The molecule has 2 aromatic carbocycles. The Morgan fingerprint density at radius 3 is 2.18 bits per heavy atom. The highest BCUT2D eigenvalue weighted by Crippen LogP contribution is 2.44. The minimum absolute atomic E-state index is 0.00424. The molecule has 186 valence electrons.